The van der Waals surface area contributed by atoms with Gasteiger partial charge in [-0.3, -0.25) is 9.59 Å². The smallest absolute Gasteiger partial charge is 0.335 e. The number of hydrogen-bond donors (Lipinski definition) is 0. The third kappa shape index (κ3) is 2.90. The van der Waals surface area contributed by atoms with Crippen molar-refractivity contribution in [1.29, 1.82) is 0 Å². The van der Waals surface area contributed by atoms with E-state index in [-0.39, 0.29) is 48.3 Å². The zero-order valence-electron chi connectivity index (χ0n) is 14.6. The highest BCUT2D eigenvalue weighted by molar-refractivity contribution is 5.89. The molecule has 3 heterocycles. The molecule has 7 heteroatoms. The molecule has 3 saturated heterocycles. The second-order valence-corrected chi connectivity index (χ2v) is 6.99. The van der Waals surface area contributed by atoms with Crippen LogP contribution in [0.4, 0.5) is 0 Å². The van der Waals surface area contributed by atoms with Crippen LogP contribution in [0.5, 0.6) is 0 Å². The molecule has 5 atom stereocenters. The number of amides is 2. The van der Waals surface area contributed by atoms with Crippen LogP contribution in [0.3, 0.4) is 0 Å². The molecule has 0 aromatic rings. The quantitative estimate of drug-likeness (QED) is 0.703. The molecule has 0 aromatic heterocycles. The van der Waals surface area contributed by atoms with Gasteiger partial charge in [0.2, 0.25) is 11.8 Å². The molecule has 0 radical (unpaired) electrons. The molecule has 0 aromatic carbocycles. The Morgan fingerprint density at radius 2 is 2.08 bits per heavy atom. The molecule has 3 fully saturated rings. The summed E-state index contributed by atoms with van der Waals surface area (Å²) in [7, 11) is 1.35. The minimum Gasteiger partial charge on any atom is -0.467 e. The number of ether oxygens (including phenoxy) is 2. The van der Waals surface area contributed by atoms with Crippen LogP contribution in [0.15, 0.2) is 0 Å². The maximum atomic E-state index is 13.1. The summed E-state index contributed by atoms with van der Waals surface area (Å²) in [4.78, 5) is 40.5. The van der Waals surface area contributed by atoms with Crippen molar-refractivity contribution in [1.82, 2.24) is 9.80 Å². The molecule has 134 valence electrons. The fraction of sp³-hybridized carbons (Fsp3) is 0.824. The summed E-state index contributed by atoms with van der Waals surface area (Å²) in [6.45, 7) is 5.10. The summed E-state index contributed by atoms with van der Waals surface area (Å²) < 4.78 is 10.6. The average Bonchev–Trinajstić information content (AvgIpc) is 3.16. The monoisotopic (exact) mass is 338 g/mol. The molecule has 7 nitrogen and oxygen atoms in total. The summed E-state index contributed by atoms with van der Waals surface area (Å²) in [6, 6.07) is 0.000606. The van der Waals surface area contributed by atoms with Gasteiger partial charge in [-0.05, 0) is 26.7 Å². The third-order valence-electron chi connectivity index (χ3n) is 5.59. The maximum Gasteiger partial charge on any atom is 0.335 e. The van der Waals surface area contributed by atoms with Gasteiger partial charge in [-0.1, -0.05) is 0 Å². The molecule has 3 aliphatic heterocycles. The largest absolute Gasteiger partial charge is 0.467 e. The number of fused-ring (bicyclic) bond motifs is 1. The van der Waals surface area contributed by atoms with Gasteiger partial charge in [-0.15, -0.1) is 0 Å². The predicted molar refractivity (Wildman–Crippen MR) is 85.0 cm³/mol. The van der Waals surface area contributed by atoms with Crippen LogP contribution in [0.25, 0.3) is 0 Å². The lowest BCUT2D eigenvalue weighted by atomic mass is 9.90. The predicted octanol–water partition coefficient (Wildman–Crippen LogP) is 0.565. The number of hydrogen-bond acceptors (Lipinski definition) is 5. The average molecular weight is 338 g/mol. The molecular weight excluding hydrogens is 312 g/mol. The molecule has 0 saturated carbocycles. The number of carbonyl (C=O) groups is 3. The molecule has 24 heavy (non-hydrogen) atoms. The summed E-state index contributed by atoms with van der Waals surface area (Å²) in [6.07, 6.45) is 1.74. The zero-order chi connectivity index (χ0) is 17.4. The van der Waals surface area contributed by atoms with Crippen LogP contribution in [0.2, 0.25) is 0 Å². The number of piperidine rings is 1. The standard InChI is InChI=1S/C17H26N2O5/c1-4-18-9-11(7-15(18)20)16(21)19-10(2)5-6-13-12(19)8-14(24-13)17(22)23-3/h10-14H,4-9H2,1-3H3/t10-,11-,12+,13+,14+/m1/s1. The van der Waals surface area contributed by atoms with Gasteiger partial charge in [-0.2, -0.15) is 0 Å². The first-order chi connectivity index (χ1) is 11.5. The molecule has 0 N–H and O–H groups in total. The topological polar surface area (TPSA) is 76.2 Å². The van der Waals surface area contributed by atoms with Crippen molar-refractivity contribution in [2.45, 2.75) is 63.8 Å². The second kappa shape index (κ2) is 6.70. The van der Waals surface area contributed by atoms with Gasteiger partial charge in [0.05, 0.1) is 25.2 Å². The lowest BCUT2D eigenvalue weighted by molar-refractivity contribution is -0.154. The van der Waals surface area contributed by atoms with E-state index in [4.69, 9.17) is 9.47 Å². The molecule has 2 amide bonds. The first kappa shape index (κ1) is 17.2. The first-order valence-electron chi connectivity index (χ1n) is 8.79. The molecular formula is C17H26N2O5. The number of likely N-dealkylation sites (tertiary alicyclic amines) is 2. The van der Waals surface area contributed by atoms with Crippen molar-refractivity contribution in [3.05, 3.63) is 0 Å². The number of carbonyl (C=O) groups excluding carboxylic acids is 3. The van der Waals surface area contributed by atoms with Gasteiger partial charge >= 0.3 is 5.97 Å². The minimum absolute atomic E-state index is 0.0237. The molecule has 0 unspecified atom stereocenters. The normalized spacial score (nSPS) is 36.0. The van der Waals surface area contributed by atoms with Crippen molar-refractivity contribution in [2.24, 2.45) is 5.92 Å². The third-order valence-corrected chi connectivity index (χ3v) is 5.59. The summed E-state index contributed by atoms with van der Waals surface area (Å²) >= 11 is 0. The Kier molecular flexibility index (Phi) is 4.80. The highest BCUT2D eigenvalue weighted by atomic mass is 16.6. The Labute approximate surface area is 142 Å². The molecule has 3 rings (SSSR count). The Bertz CT molecular complexity index is 537. The Morgan fingerprint density at radius 3 is 2.71 bits per heavy atom. The van der Waals surface area contributed by atoms with Gasteiger partial charge in [-0.25, -0.2) is 4.79 Å². The van der Waals surface area contributed by atoms with E-state index >= 15 is 0 Å². The van der Waals surface area contributed by atoms with Gasteiger partial charge < -0.3 is 19.3 Å². The van der Waals surface area contributed by atoms with E-state index in [9.17, 15) is 14.4 Å². The lowest BCUT2D eigenvalue weighted by Gasteiger charge is -2.42. The molecule has 0 spiro atoms. The first-order valence-corrected chi connectivity index (χ1v) is 8.79. The Morgan fingerprint density at radius 1 is 1.33 bits per heavy atom. The second-order valence-electron chi connectivity index (χ2n) is 6.99. The van der Waals surface area contributed by atoms with Gasteiger partial charge in [0.25, 0.3) is 0 Å². The Hall–Kier alpha value is -1.63. The number of nitrogens with zero attached hydrogens (tertiary/aromatic N) is 2. The van der Waals surface area contributed by atoms with Gasteiger partial charge in [0.1, 0.15) is 0 Å². The highest BCUT2D eigenvalue weighted by Crippen LogP contribution is 2.37. The number of rotatable bonds is 3. The fourth-order valence-corrected chi connectivity index (χ4v) is 4.27. The number of methoxy groups -OCH3 is 1. The van der Waals surface area contributed by atoms with Crippen LogP contribution < -0.4 is 0 Å². The van der Waals surface area contributed by atoms with Crippen molar-refractivity contribution in [3.8, 4) is 0 Å². The van der Waals surface area contributed by atoms with E-state index in [1.807, 2.05) is 18.7 Å². The number of esters is 1. The van der Waals surface area contributed by atoms with E-state index in [0.29, 0.717) is 19.5 Å². The summed E-state index contributed by atoms with van der Waals surface area (Å²) in [5.41, 5.74) is 0. The highest BCUT2D eigenvalue weighted by Gasteiger charge is 2.49. The lowest BCUT2D eigenvalue weighted by Crippen LogP contribution is -2.55. The Balaban J connectivity index is 1.74. The van der Waals surface area contributed by atoms with E-state index < -0.39 is 6.10 Å². The van der Waals surface area contributed by atoms with Crippen LogP contribution in [-0.4, -0.2) is 72.1 Å². The van der Waals surface area contributed by atoms with Gasteiger partial charge in [0.15, 0.2) is 6.10 Å². The summed E-state index contributed by atoms with van der Waals surface area (Å²) in [5.74, 6) is -0.587. The molecule has 0 bridgehead atoms. The van der Waals surface area contributed by atoms with Crippen LogP contribution in [-0.2, 0) is 23.9 Å². The van der Waals surface area contributed by atoms with E-state index in [1.54, 1.807) is 4.90 Å². The van der Waals surface area contributed by atoms with E-state index in [2.05, 4.69) is 0 Å². The minimum atomic E-state index is -0.594. The van der Waals surface area contributed by atoms with Crippen molar-refractivity contribution in [3.63, 3.8) is 0 Å². The fourth-order valence-electron chi connectivity index (χ4n) is 4.27. The maximum absolute atomic E-state index is 13.1. The van der Waals surface area contributed by atoms with Crippen molar-refractivity contribution in [2.75, 3.05) is 20.2 Å². The zero-order valence-corrected chi connectivity index (χ0v) is 14.6. The van der Waals surface area contributed by atoms with E-state index in [1.165, 1.54) is 7.11 Å². The molecule has 3 aliphatic rings. The van der Waals surface area contributed by atoms with Crippen LogP contribution in [0.1, 0.15) is 39.5 Å². The van der Waals surface area contributed by atoms with Crippen molar-refractivity contribution >= 4 is 17.8 Å². The summed E-state index contributed by atoms with van der Waals surface area (Å²) in [5, 5.41) is 0. The van der Waals surface area contributed by atoms with Crippen LogP contribution in [0, 0.1) is 5.92 Å². The van der Waals surface area contributed by atoms with Crippen LogP contribution >= 0.6 is 0 Å². The van der Waals surface area contributed by atoms with Gasteiger partial charge in [0, 0.05) is 32.0 Å². The molecule has 0 aliphatic carbocycles. The SMILES string of the molecule is CCN1C[C@H](C(=O)N2[C@H](C)CC[C@@H]3O[C@H](C(=O)OC)C[C@@H]32)CC1=O. The van der Waals surface area contributed by atoms with E-state index in [0.717, 1.165) is 12.8 Å². The van der Waals surface area contributed by atoms with Crippen molar-refractivity contribution < 1.29 is 23.9 Å².